The molecule has 0 aliphatic rings. The van der Waals surface area contributed by atoms with Crippen molar-refractivity contribution in [2.24, 2.45) is 11.6 Å². The number of rotatable bonds is 4. The molecule has 2 aromatic rings. The van der Waals surface area contributed by atoms with Crippen molar-refractivity contribution in [1.29, 1.82) is 0 Å². The molecule has 5 N–H and O–H groups in total. The summed E-state index contributed by atoms with van der Waals surface area (Å²) >= 11 is 1.52. The fourth-order valence-corrected chi connectivity index (χ4v) is 2.40. The van der Waals surface area contributed by atoms with E-state index < -0.39 is 5.91 Å². The first-order chi connectivity index (χ1) is 9.60. The SMILES string of the molecule is NNC(=O)c1ccc(Sc2ccc(C(N)=O)cc2)cc1. The normalized spacial score (nSPS) is 10.1. The van der Waals surface area contributed by atoms with E-state index in [4.69, 9.17) is 11.6 Å². The van der Waals surface area contributed by atoms with Crippen LogP contribution in [0.5, 0.6) is 0 Å². The predicted octanol–water partition coefficient (Wildman–Crippen LogP) is 1.54. The van der Waals surface area contributed by atoms with E-state index in [1.165, 1.54) is 11.8 Å². The molecule has 0 radical (unpaired) electrons. The summed E-state index contributed by atoms with van der Waals surface area (Å²) in [5, 5.41) is 0. The fourth-order valence-electron chi connectivity index (χ4n) is 1.58. The van der Waals surface area contributed by atoms with Gasteiger partial charge in [0.15, 0.2) is 0 Å². The van der Waals surface area contributed by atoms with E-state index in [9.17, 15) is 9.59 Å². The lowest BCUT2D eigenvalue weighted by Crippen LogP contribution is -2.29. The van der Waals surface area contributed by atoms with Crippen LogP contribution in [0.2, 0.25) is 0 Å². The van der Waals surface area contributed by atoms with Crippen LogP contribution in [-0.2, 0) is 0 Å². The number of amides is 2. The lowest BCUT2D eigenvalue weighted by atomic mass is 10.2. The Morgan fingerprint density at radius 2 is 1.30 bits per heavy atom. The van der Waals surface area contributed by atoms with Gasteiger partial charge in [-0.15, -0.1) is 0 Å². The Bertz CT molecular complexity index is 624. The maximum absolute atomic E-state index is 11.3. The van der Waals surface area contributed by atoms with Gasteiger partial charge in [-0.05, 0) is 48.5 Å². The minimum atomic E-state index is -0.446. The molecule has 0 aromatic heterocycles. The Labute approximate surface area is 120 Å². The molecule has 0 fully saturated rings. The number of hydrogen-bond acceptors (Lipinski definition) is 4. The molecule has 102 valence electrons. The first-order valence-corrected chi connectivity index (χ1v) is 6.60. The van der Waals surface area contributed by atoms with Gasteiger partial charge in [-0.25, -0.2) is 5.84 Å². The topological polar surface area (TPSA) is 98.2 Å². The zero-order valence-corrected chi connectivity index (χ0v) is 11.3. The Hall–Kier alpha value is -2.31. The van der Waals surface area contributed by atoms with Gasteiger partial charge < -0.3 is 5.73 Å². The zero-order chi connectivity index (χ0) is 14.5. The molecule has 0 saturated heterocycles. The highest BCUT2D eigenvalue weighted by molar-refractivity contribution is 7.99. The number of primary amides is 1. The summed E-state index contributed by atoms with van der Waals surface area (Å²) in [6.07, 6.45) is 0. The summed E-state index contributed by atoms with van der Waals surface area (Å²) in [5.74, 6) is 4.29. The molecule has 0 aliphatic carbocycles. The van der Waals surface area contributed by atoms with E-state index in [1.807, 2.05) is 24.3 Å². The third-order valence-electron chi connectivity index (χ3n) is 2.62. The van der Waals surface area contributed by atoms with Crippen LogP contribution in [0.25, 0.3) is 0 Å². The predicted molar refractivity (Wildman–Crippen MR) is 77.2 cm³/mol. The first-order valence-electron chi connectivity index (χ1n) is 5.79. The molecule has 5 nitrogen and oxygen atoms in total. The number of carbonyl (C=O) groups is 2. The summed E-state index contributed by atoms with van der Waals surface area (Å²) in [5.41, 5.74) is 8.24. The van der Waals surface area contributed by atoms with E-state index in [-0.39, 0.29) is 5.91 Å². The Kier molecular flexibility index (Phi) is 4.39. The molecule has 2 rings (SSSR count). The van der Waals surface area contributed by atoms with Crippen molar-refractivity contribution in [3.05, 3.63) is 59.7 Å². The van der Waals surface area contributed by atoms with Crippen LogP contribution in [0.1, 0.15) is 20.7 Å². The highest BCUT2D eigenvalue weighted by Gasteiger charge is 2.04. The van der Waals surface area contributed by atoms with E-state index in [0.717, 1.165) is 9.79 Å². The van der Waals surface area contributed by atoms with Crippen LogP contribution in [0.4, 0.5) is 0 Å². The van der Waals surface area contributed by atoms with Gasteiger partial charge in [0.25, 0.3) is 5.91 Å². The number of nitrogens with two attached hydrogens (primary N) is 2. The van der Waals surface area contributed by atoms with Gasteiger partial charge in [0.1, 0.15) is 0 Å². The second kappa shape index (κ2) is 6.23. The molecule has 0 spiro atoms. The summed E-state index contributed by atoms with van der Waals surface area (Å²) in [6.45, 7) is 0. The summed E-state index contributed by atoms with van der Waals surface area (Å²) in [6, 6.07) is 14.1. The highest BCUT2D eigenvalue weighted by Crippen LogP contribution is 2.27. The Morgan fingerprint density at radius 3 is 1.70 bits per heavy atom. The van der Waals surface area contributed by atoms with Crippen LogP contribution in [0.15, 0.2) is 58.3 Å². The molecule has 2 amide bonds. The largest absolute Gasteiger partial charge is 0.366 e. The van der Waals surface area contributed by atoms with Crippen molar-refractivity contribution >= 4 is 23.6 Å². The molecule has 0 heterocycles. The number of nitrogens with one attached hydrogen (secondary N) is 1. The second-order valence-corrected chi connectivity index (χ2v) is 5.14. The molecule has 0 saturated carbocycles. The molecule has 20 heavy (non-hydrogen) atoms. The van der Waals surface area contributed by atoms with Gasteiger partial charge in [0, 0.05) is 20.9 Å². The number of hydrogen-bond donors (Lipinski definition) is 3. The Balaban J connectivity index is 2.10. The first kappa shape index (κ1) is 14.1. The molecule has 0 unspecified atom stereocenters. The van der Waals surface area contributed by atoms with Gasteiger partial charge in [0.2, 0.25) is 5.91 Å². The van der Waals surface area contributed by atoms with E-state index >= 15 is 0 Å². The van der Waals surface area contributed by atoms with Gasteiger partial charge in [0.05, 0.1) is 0 Å². The zero-order valence-electron chi connectivity index (χ0n) is 10.5. The molecule has 0 atom stereocenters. The lowest BCUT2D eigenvalue weighted by molar-refractivity contribution is 0.0952. The summed E-state index contributed by atoms with van der Waals surface area (Å²) < 4.78 is 0. The molecule has 6 heteroatoms. The molecule has 0 bridgehead atoms. The van der Waals surface area contributed by atoms with Crippen LogP contribution in [-0.4, -0.2) is 11.8 Å². The quantitative estimate of drug-likeness (QED) is 0.451. The van der Waals surface area contributed by atoms with E-state index in [2.05, 4.69) is 5.43 Å². The van der Waals surface area contributed by atoms with Crippen molar-refractivity contribution in [3.8, 4) is 0 Å². The smallest absolute Gasteiger partial charge is 0.265 e. The number of benzene rings is 2. The number of carbonyl (C=O) groups excluding carboxylic acids is 2. The van der Waals surface area contributed by atoms with Crippen molar-refractivity contribution in [2.75, 3.05) is 0 Å². The molecular formula is C14H13N3O2S. The van der Waals surface area contributed by atoms with E-state index in [1.54, 1.807) is 24.3 Å². The van der Waals surface area contributed by atoms with Crippen LogP contribution >= 0.6 is 11.8 Å². The van der Waals surface area contributed by atoms with Crippen LogP contribution < -0.4 is 17.0 Å². The fraction of sp³-hybridized carbons (Fsp3) is 0. The van der Waals surface area contributed by atoms with E-state index in [0.29, 0.717) is 11.1 Å². The number of nitrogen functional groups attached to an aromatic ring is 1. The second-order valence-electron chi connectivity index (χ2n) is 3.99. The molecule has 2 aromatic carbocycles. The monoisotopic (exact) mass is 287 g/mol. The maximum Gasteiger partial charge on any atom is 0.265 e. The standard InChI is InChI=1S/C14H13N3O2S/c15-13(18)9-1-5-11(6-2-9)20-12-7-3-10(4-8-12)14(19)17-16/h1-8H,16H2,(H2,15,18)(H,17,19). The third-order valence-corrected chi connectivity index (χ3v) is 3.64. The lowest BCUT2D eigenvalue weighted by Gasteiger charge is -2.04. The van der Waals surface area contributed by atoms with Gasteiger partial charge in [-0.2, -0.15) is 0 Å². The Morgan fingerprint density at radius 1 is 0.850 bits per heavy atom. The van der Waals surface area contributed by atoms with Gasteiger partial charge in [-0.1, -0.05) is 11.8 Å². The average Bonchev–Trinajstić information content (AvgIpc) is 2.48. The summed E-state index contributed by atoms with van der Waals surface area (Å²) in [4.78, 5) is 24.2. The molecule has 0 aliphatic heterocycles. The van der Waals surface area contributed by atoms with Crippen LogP contribution in [0, 0.1) is 0 Å². The van der Waals surface area contributed by atoms with Gasteiger partial charge >= 0.3 is 0 Å². The minimum Gasteiger partial charge on any atom is -0.366 e. The maximum atomic E-state index is 11.3. The summed E-state index contributed by atoms with van der Waals surface area (Å²) in [7, 11) is 0. The van der Waals surface area contributed by atoms with Crippen molar-refractivity contribution in [2.45, 2.75) is 9.79 Å². The van der Waals surface area contributed by atoms with Crippen LogP contribution in [0.3, 0.4) is 0 Å². The highest BCUT2D eigenvalue weighted by atomic mass is 32.2. The number of hydrazine groups is 1. The van der Waals surface area contributed by atoms with Crippen molar-refractivity contribution in [1.82, 2.24) is 5.43 Å². The van der Waals surface area contributed by atoms with Crippen molar-refractivity contribution < 1.29 is 9.59 Å². The third kappa shape index (κ3) is 3.37. The van der Waals surface area contributed by atoms with Crippen molar-refractivity contribution in [3.63, 3.8) is 0 Å². The molecular weight excluding hydrogens is 274 g/mol. The van der Waals surface area contributed by atoms with Gasteiger partial charge in [-0.3, -0.25) is 15.0 Å². The average molecular weight is 287 g/mol. The minimum absolute atomic E-state index is 0.327.